The molecule has 1 N–H and O–H groups in total. The number of carbonyl (C=O) groups excluding carboxylic acids is 2. The van der Waals surface area contributed by atoms with Crippen molar-refractivity contribution in [2.24, 2.45) is 0 Å². The van der Waals surface area contributed by atoms with E-state index in [0.717, 1.165) is 82.1 Å². The van der Waals surface area contributed by atoms with E-state index in [4.69, 9.17) is 18.3 Å². The lowest BCUT2D eigenvalue weighted by Gasteiger charge is -2.15. The molecule has 2 heterocycles. The highest BCUT2D eigenvalue weighted by molar-refractivity contribution is 5.70. The van der Waals surface area contributed by atoms with E-state index in [0.29, 0.717) is 12.8 Å². The van der Waals surface area contributed by atoms with Crippen LogP contribution in [0.25, 0.3) is 0 Å². The predicted octanol–water partition coefficient (Wildman–Crippen LogP) is 11.7. The first kappa shape index (κ1) is 44.6. The molecule has 0 amide bonds. The van der Waals surface area contributed by atoms with E-state index in [9.17, 15) is 14.7 Å². The number of carbonyl (C=O) groups is 2. The summed E-state index contributed by atoms with van der Waals surface area (Å²) >= 11 is 0. The van der Waals surface area contributed by atoms with Crippen LogP contribution in [0.15, 0.2) is 14.9 Å². The van der Waals surface area contributed by atoms with Crippen molar-refractivity contribution >= 4 is 11.9 Å². The van der Waals surface area contributed by atoms with E-state index in [1.807, 2.05) is 0 Å². The second-order valence-corrected chi connectivity index (χ2v) is 14.9. The van der Waals surface area contributed by atoms with E-state index in [2.05, 4.69) is 40.7 Å². The first-order valence-electron chi connectivity index (χ1n) is 20.9. The molecular formula is C44H74O7. The maximum atomic E-state index is 12.2. The number of furan rings is 2. The van der Waals surface area contributed by atoms with Crippen LogP contribution in [0.2, 0.25) is 0 Å². The van der Waals surface area contributed by atoms with Crippen molar-refractivity contribution in [3.05, 3.63) is 45.8 Å². The highest BCUT2D eigenvalue weighted by atomic mass is 16.6. The zero-order chi connectivity index (χ0) is 37.1. The number of aliphatic hydroxyl groups is 1. The van der Waals surface area contributed by atoms with Crippen LogP contribution in [0.1, 0.15) is 195 Å². The quantitative estimate of drug-likeness (QED) is 0.0595. The van der Waals surface area contributed by atoms with Gasteiger partial charge in [0.05, 0.1) is 6.61 Å². The molecule has 0 fully saturated rings. The van der Waals surface area contributed by atoms with Gasteiger partial charge in [0.1, 0.15) is 29.6 Å². The molecule has 0 aliphatic rings. The number of unbranched alkanes of at least 4 members (excludes halogenated alkanes) is 16. The van der Waals surface area contributed by atoms with Crippen LogP contribution in [0.5, 0.6) is 0 Å². The summed E-state index contributed by atoms with van der Waals surface area (Å²) in [6.45, 7) is 10.5. The molecule has 0 aromatic carbocycles. The van der Waals surface area contributed by atoms with Gasteiger partial charge in [-0.2, -0.15) is 0 Å². The van der Waals surface area contributed by atoms with Gasteiger partial charge in [0.25, 0.3) is 0 Å². The second-order valence-electron chi connectivity index (χ2n) is 14.9. The molecule has 2 rings (SSSR count). The van der Waals surface area contributed by atoms with Crippen molar-refractivity contribution in [3.8, 4) is 0 Å². The van der Waals surface area contributed by atoms with Gasteiger partial charge in [0.2, 0.25) is 0 Å². The van der Waals surface area contributed by atoms with Gasteiger partial charge >= 0.3 is 11.9 Å². The summed E-state index contributed by atoms with van der Waals surface area (Å²) in [5.41, 5.74) is 3.99. The molecule has 51 heavy (non-hydrogen) atoms. The third kappa shape index (κ3) is 19.8. The molecule has 292 valence electrons. The summed E-state index contributed by atoms with van der Waals surface area (Å²) in [5, 5.41) is 9.61. The van der Waals surface area contributed by atoms with E-state index in [-0.39, 0.29) is 25.2 Å². The van der Waals surface area contributed by atoms with Gasteiger partial charge in [-0.1, -0.05) is 104 Å². The molecule has 0 saturated heterocycles. The Bertz CT molecular complexity index is 1190. The Kier molecular flexibility index (Phi) is 24.5. The Labute approximate surface area is 311 Å². The average Bonchev–Trinajstić information content (AvgIpc) is 3.60. The Morgan fingerprint density at radius 2 is 1.06 bits per heavy atom. The second kappa shape index (κ2) is 28.0. The summed E-state index contributed by atoms with van der Waals surface area (Å²) in [7, 11) is 0. The molecule has 0 saturated carbocycles. The van der Waals surface area contributed by atoms with Crippen LogP contribution >= 0.6 is 0 Å². The third-order valence-corrected chi connectivity index (χ3v) is 10.2. The van der Waals surface area contributed by atoms with Gasteiger partial charge in [-0.05, 0) is 82.1 Å². The van der Waals surface area contributed by atoms with E-state index < -0.39 is 6.10 Å². The van der Waals surface area contributed by atoms with Crippen molar-refractivity contribution in [1.29, 1.82) is 0 Å². The van der Waals surface area contributed by atoms with Crippen LogP contribution in [0.4, 0.5) is 0 Å². The summed E-state index contributed by atoms with van der Waals surface area (Å²) in [5.74, 6) is 4.03. The van der Waals surface area contributed by atoms with Crippen molar-refractivity contribution in [2.75, 3.05) is 13.2 Å². The summed E-state index contributed by atoms with van der Waals surface area (Å²) in [6.07, 6.45) is 26.7. The smallest absolute Gasteiger partial charge is 0.306 e. The van der Waals surface area contributed by atoms with Crippen LogP contribution in [0.3, 0.4) is 0 Å². The largest absolute Gasteiger partial charge is 0.466 e. The number of esters is 2. The van der Waals surface area contributed by atoms with Crippen molar-refractivity contribution in [1.82, 2.24) is 0 Å². The molecule has 0 radical (unpaired) electrons. The lowest BCUT2D eigenvalue weighted by atomic mass is 10.0. The number of hydrogen-bond donors (Lipinski definition) is 1. The molecule has 0 aliphatic carbocycles. The van der Waals surface area contributed by atoms with Crippen molar-refractivity contribution in [3.63, 3.8) is 0 Å². The SMILES string of the molecule is CCCCCc1oc(CCCCCCCCCCC(=O)OC[C@H](CO)OC(=O)CCCCCCCCCCc2oc(CCC)cc2C)c(C)c1C. The van der Waals surface area contributed by atoms with Crippen LogP contribution in [-0.4, -0.2) is 36.4 Å². The Balaban J connectivity index is 1.39. The molecule has 0 aliphatic heterocycles. The van der Waals surface area contributed by atoms with E-state index in [1.54, 1.807) is 0 Å². The summed E-state index contributed by atoms with van der Waals surface area (Å²) in [4.78, 5) is 24.4. The summed E-state index contributed by atoms with van der Waals surface area (Å²) in [6, 6.07) is 2.19. The fourth-order valence-electron chi connectivity index (χ4n) is 6.80. The normalized spacial score (nSPS) is 12.0. The van der Waals surface area contributed by atoms with Gasteiger partial charge in [-0.25, -0.2) is 0 Å². The number of aryl methyl sites for hydroxylation is 5. The fraction of sp³-hybridized carbons (Fsp3) is 0.773. The van der Waals surface area contributed by atoms with Gasteiger partial charge < -0.3 is 23.4 Å². The predicted molar refractivity (Wildman–Crippen MR) is 207 cm³/mol. The molecule has 7 heteroatoms. The lowest BCUT2D eigenvalue weighted by molar-refractivity contribution is -0.161. The lowest BCUT2D eigenvalue weighted by Crippen LogP contribution is -2.28. The number of ether oxygens (including phenoxy) is 2. The minimum atomic E-state index is -0.793. The van der Waals surface area contributed by atoms with E-state index >= 15 is 0 Å². The molecular weight excluding hydrogens is 640 g/mol. The van der Waals surface area contributed by atoms with E-state index in [1.165, 1.54) is 112 Å². The van der Waals surface area contributed by atoms with Crippen LogP contribution in [0, 0.1) is 20.8 Å². The highest BCUT2D eigenvalue weighted by Crippen LogP contribution is 2.25. The molecule has 0 unspecified atom stereocenters. The minimum absolute atomic E-state index is 0.0856. The maximum Gasteiger partial charge on any atom is 0.306 e. The zero-order valence-electron chi connectivity index (χ0n) is 33.4. The Morgan fingerprint density at radius 1 is 0.588 bits per heavy atom. The number of hydrogen-bond acceptors (Lipinski definition) is 7. The molecule has 0 bridgehead atoms. The Hall–Kier alpha value is -2.54. The molecule has 0 spiro atoms. The first-order valence-corrected chi connectivity index (χ1v) is 20.9. The average molecular weight is 715 g/mol. The van der Waals surface area contributed by atoms with Gasteiger partial charge in [-0.3, -0.25) is 9.59 Å². The minimum Gasteiger partial charge on any atom is -0.466 e. The fourth-order valence-corrected chi connectivity index (χ4v) is 6.80. The van der Waals surface area contributed by atoms with Gasteiger partial charge in [0, 0.05) is 38.5 Å². The topological polar surface area (TPSA) is 99.1 Å². The van der Waals surface area contributed by atoms with Crippen molar-refractivity contribution in [2.45, 2.75) is 208 Å². The zero-order valence-corrected chi connectivity index (χ0v) is 33.4. The monoisotopic (exact) mass is 715 g/mol. The number of aliphatic hydroxyl groups excluding tert-OH is 1. The first-order chi connectivity index (χ1) is 24.8. The summed E-state index contributed by atoms with van der Waals surface area (Å²) < 4.78 is 22.8. The molecule has 1 atom stereocenters. The van der Waals surface area contributed by atoms with Gasteiger partial charge in [-0.15, -0.1) is 0 Å². The van der Waals surface area contributed by atoms with Crippen LogP contribution < -0.4 is 0 Å². The molecule has 2 aromatic heterocycles. The molecule has 2 aromatic rings. The molecule has 7 nitrogen and oxygen atoms in total. The maximum absolute atomic E-state index is 12.2. The highest BCUT2D eigenvalue weighted by Gasteiger charge is 2.16. The Morgan fingerprint density at radius 3 is 1.57 bits per heavy atom. The van der Waals surface area contributed by atoms with Crippen LogP contribution in [-0.2, 0) is 44.7 Å². The number of rotatable bonds is 32. The van der Waals surface area contributed by atoms with Crippen molar-refractivity contribution < 1.29 is 33.0 Å². The standard InChI is InChI=1S/C44H74O7/c1-6-8-21-28-41-36(4)37(5)42(51-41)29-23-18-14-10-11-15-19-24-30-43(46)48-34-39(33-45)50-44(47)31-25-20-16-12-9-13-17-22-27-40-35(3)32-38(49-40)26-7-2/h32,39,45H,6-31,33-34H2,1-5H3/t39-/m0/s1. The van der Waals surface area contributed by atoms with Gasteiger partial charge in [0.15, 0.2) is 6.10 Å². The third-order valence-electron chi connectivity index (χ3n) is 10.2.